The molecule has 1 unspecified atom stereocenters. The van der Waals surface area contributed by atoms with E-state index in [1.165, 1.54) is 20.9 Å². The summed E-state index contributed by atoms with van der Waals surface area (Å²) in [5, 5.41) is 0. The van der Waals surface area contributed by atoms with Crippen LogP contribution >= 0.6 is 27.3 Å². The van der Waals surface area contributed by atoms with E-state index >= 15 is 0 Å². The molecule has 0 saturated heterocycles. The van der Waals surface area contributed by atoms with Gasteiger partial charge in [0.2, 0.25) is 0 Å². The molecule has 1 aromatic carbocycles. The Bertz CT molecular complexity index is 551. The van der Waals surface area contributed by atoms with Crippen molar-refractivity contribution in [1.82, 2.24) is 5.43 Å². The van der Waals surface area contributed by atoms with Crippen LogP contribution < -0.4 is 11.3 Å². The molecule has 0 radical (unpaired) electrons. The first-order valence-corrected chi connectivity index (χ1v) is 8.04. The Morgan fingerprint density at radius 3 is 2.58 bits per heavy atom. The van der Waals surface area contributed by atoms with Crippen LogP contribution in [0.5, 0.6) is 0 Å². The van der Waals surface area contributed by atoms with Gasteiger partial charge in [0.15, 0.2) is 0 Å². The Balaban J connectivity index is 2.17. The maximum absolute atomic E-state index is 5.72. The number of hydrogen-bond donors (Lipinski definition) is 2. The van der Waals surface area contributed by atoms with Gasteiger partial charge >= 0.3 is 0 Å². The second kappa shape index (κ2) is 6.66. The first kappa shape index (κ1) is 14.7. The molecule has 1 heterocycles. The quantitative estimate of drug-likeness (QED) is 0.635. The summed E-state index contributed by atoms with van der Waals surface area (Å²) in [5.41, 5.74) is 5.38. The van der Waals surface area contributed by atoms with Crippen LogP contribution in [0.1, 0.15) is 33.8 Å². The predicted molar refractivity (Wildman–Crippen MR) is 86.3 cm³/mol. The maximum atomic E-state index is 5.72. The number of thiophene rings is 1. The van der Waals surface area contributed by atoms with Crippen molar-refractivity contribution < 1.29 is 0 Å². The molecule has 2 nitrogen and oxygen atoms in total. The summed E-state index contributed by atoms with van der Waals surface area (Å²) in [6.07, 6.45) is 2.03. The molecule has 0 amide bonds. The molecule has 4 heteroatoms. The molecule has 0 spiro atoms. The summed E-state index contributed by atoms with van der Waals surface area (Å²) in [7, 11) is 0. The van der Waals surface area contributed by atoms with Gasteiger partial charge in [-0.3, -0.25) is 11.3 Å². The lowest BCUT2D eigenvalue weighted by atomic mass is 10.0. The first-order chi connectivity index (χ1) is 9.13. The van der Waals surface area contributed by atoms with Crippen molar-refractivity contribution in [2.45, 2.75) is 32.7 Å². The topological polar surface area (TPSA) is 38.0 Å². The van der Waals surface area contributed by atoms with Crippen molar-refractivity contribution in [1.29, 1.82) is 0 Å². The molecule has 102 valence electrons. The molecule has 0 saturated carbocycles. The van der Waals surface area contributed by atoms with Gasteiger partial charge in [0.05, 0.1) is 6.04 Å². The summed E-state index contributed by atoms with van der Waals surface area (Å²) in [6, 6.07) is 11.0. The fourth-order valence-electron chi connectivity index (χ4n) is 2.02. The number of hydrogen-bond acceptors (Lipinski definition) is 3. The smallest absolute Gasteiger partial charge is 0.0508 e. The van der Waals surface area contributed by atoms with Crippen molar-refractivity contribution in [2.24, 2.45) is 5.84 Å². The maximum Gasteiger partial charge on any atom is 0.0508 e. The number of rotatable bonds is 5. The molecule has 0 aliphatic carbocycles. The van der Waals surface area contributed by atoms with Gasteiger partial charge in [-0.05, 0) is 42.7 Å². The molecule has 2 aromatic rings. The molecular weight excluding hydrogens is 320 g/mol. The molecule has 1 atom stereocenters. The summed E-state index contributed by atoms with van der Waals surface area (Å²) in [6.45, 7) is 4.27. The van der Waals surface area contributed by atoms with E-state index in [-0.39, 0.29) is 6.04 Å². The van der Waals surface area contributed by atoms with Gasteiger partial charge in [0.1, 0.15) is 0 Å². The molecule has 1 aromatic heterocycles. The predicted octanol–water partition coefficient (Wildman–Crippen LogP) is 4.13. The van der Waals surface area contributed by atoms with E-state index in [4.69, 9.17) is 5.84 Å². The van der Waals surface area contributed by atoms with Crippen LogP contribution in [0.2, 0.25) is 0 Å². The second-order valence-corrected chi connectivity index (χ2v) is 6.76. The van der Waals surface area contributed by atoms with Crippen molar-refractivity contribution in [3.8, 4) is 0 Å². The van der Waals surface area contributed by atoms with Gasteiger partial charge < -0.3 is 0 Å². The highest BCUT2D eigenvalue weighted by atomic mass is 79.9. The van der Waals surface area contributed by atoms with Gasteiger partial charge in [-0.25, -0.2) is 0 Å². The van der Waals surface area contributed by atoms with Gasteiger partial charge in [-0.2, -0.15) is 0 Å². The lowest BCUT2D eigenvalue weighted by Crippen LogP contribution is -2.29. The Hall–Kier alpha value is -0.680. The van der Waals surface area contributed by atoms with E-state index in [1.54, 1.807) is 0 Å². The van der Waals surface area contributed by atoms with Gasteiger partial charge in [-0.1, -0.05) is 35.0 Å². The van der Waals surface area contributed by atoms with Crippen molar-refractivity contribution in [3.05, 3.63) is 55.7 Å². The van der Waals surface area contributed by atoms with Crippen LogP contribution in [-0.4, -0.2) is 0 Å². The van der Waals surface area contributed by atoms with Crippen molar-refractivity contribution >= 4 is 27.3 Å². The van der Waals surface area contributed by atoms with E-state index in [0.29, 0.717) is 0 Å². The third-order valence-electron chi connectivity index (χ3n) is 3.27. The normalized spacial score (nSPS) is 12.6. The van der Waals surface area contributed by atoms with Crippen molar-refractivity contribution in [3.63, 3.8) is 0 Å². The second-order valence-electron chi connectivity index (χ2n) is 4.65. The highest BCUT2D eigenvalue weighted by Gasteiger charge is 2.13. The summed E-state index contributed by atoms with van der Waals surface area (Å²) in [5.74, 6) is 5.72. The number of benzene rings is 1. The SMILES string of the molecule is CCc1ccc(CC(NN)c2ccc(C)c(Br)c2)s1. The fraction of sp³-hybridized carbons (Fsp3) is 0.333. The molecule has 0 fully saturated rings. The summed E-state index contributed by atoms with van der Waals surface area (Å²) in [4.78, 5) is 2.80. The van der Waals surface area contributed by atoms with Crippen LogP contribution in [-0.2, 0) is 12.8 Å². The summed E-state index contributed by atoms with van der Waals surface area (Å²) >= 11 is 5.45. The molecule has 0 aliphatic heterocycles. The number of nitrogens with one attached hydrogen (secondary N) is 1. The highest BCUT2D eigenvalue weighted by molar-refractivity contribution is 9.10. The monoisotopic (exact) mass is 338 g/mol. The highest BCUT2D eigenvalue weighted by Crippen LogP contribution is 2.26. The van der Waals surface area contributed by atoms with Crippen molar-refractivity contribution in [2.75, 3.05) is 0 Å². The largest absolute Gasteiger partial charge is 0.271 e. The van der Waals surface area contributed by atoms with E-state index in [1.807, 2.05) is 11.3 Å². The van der Waals surface area contributed by atoms with Crippen LogP contribution in [0.25, 0.3) is 0 Å². The van der Waals surface area contributed by atoms with Gasteiger partial charge in [0.25, 0.3) is 0 Å². The zero-order valence-electron chi connectivity index (χ0n) is 11.2. The number of nitrogens with two attached hydrogens (primary N) is 1. The third-order valence-corrected chi connectivity index (χ3v) is 5.38. The van der Waals surface area contributed by atoms with Crippen LogP contribution in [0, 0.1) is 6.92 Å². The molecule has 2 rings (SSSR count). The lowest BCUT2D eigenvalue weighted by molar-refractivity contribution is 0.555. The molecular formula is C15H19BrN2S. The minimum Gasteiger partial charge on any atom is -0.271 e. The Kier molecular flexibility index (Phi) is 5.16. The number of halogens is 1. The van der Waals surface area contributed by atoms with Crippen LogP contribution in [0.3, 0.4) is 0 Å². The number of aryl methyl sites for hydroxylation is 2. The molecule has 0 bridgehead atoms. The minimum atomic E-state index is 0.153. The first-order valence-electron chi connectivity index (χ1n) is 6.43. The zero-order chi connectivity index (χ0) is 13.8. The lowest BCUT2D eigenvalue weighted by Gasteiger charge is -2.16. The minimum absolute atomic E-state index is 0.153. The van der Waals surface area contributed by atoms with E-state index in [0.717, 1.165) is 17.3 Å². The van der Waals surface area contributed by atoms with Crippen LogP contribution in [0.15, 0.2) is 34.8 Å². The number of hydrazine groups is 1. The Morgan fingerprint density at radius 1 is 1.26 bits per heavy atom. The Labute approximate surface area is 127 Å². The molecule has 19 heavy (non-hydrogen) atoms. The summed E-state index contributed by atoms with van der Waals surface area (Å²) < 4.78 is 1.13. The fourth-order valence-corrected chi connectivity index (χ4v) is 3.42. The zero-order valence-corrected chi connectivity index (χ0v) is 13.6. The van der Waals surface area contributed by atoms with Gasteiger partial charge in [-0.15, -0.1) is 11.3 Å². The average molecular weight is 339 g/mol. The third kappa shape index (κ3) is 3.66. The van der Waals surface area contributed by atoms with E-state index in [2.05, 4.69) is 65.5 Å². The Morgan fingerprint density at radius 2 is 2.00 bits per heavy atom. The van der Waals surface area contributed by atoms with E-state index < -0.39 is 0 Å². The molecule has 3 N–H and O–H groups in total. The van der Waals surface area contributed by atoms with E-state index in [9.17, 15) is 0 Å². The standard InChI is InChI=1S/C15H19BrN2S/c1-3-12-6-7-13(19-12)9-15(18-17)11-5-4-10(2)14(16)8-11/h4-8,15,18H,3,9,17H2,1-2H3. The molecule has 0 aliphatic rings. The van der Waals surface area contributed by atoms with Gasteiger partial charge in [0, 0.05) is 20.6 Å². The van der Waals surface area contributed by atoms with Crippen LogP contribution in [0.4, 0.5) is 0 Å². The average Bonchev–Trinajstić information content (AvgIpc) is 2.87.